The van der Waals surface area contributed by atoms with E-state index in [2.05, 4.69) is 10.0 Å². The highest BCUT2D eigenvalue weighted by Gasteiger charge is 2.19. The summed E-state index contributed by atoms with van der Waals surface area (Å²) >= 11 is 0. The van der Waals surface area contributed by atoms with Gasteiger partial charge in [-0.2, -0.15) is 5.26 Å². The largest absolute Gasteiger partial charge is 0.332 e. The molecular weight excluding hydrogens is 393 g/mol. The van der Waals surface area contributed by atoms with Crippen molar-refractivity contribution in [1.29, 1.82) is 5.26 Å². The maximum atomic E-state index is 13.9. The van der Waals surface area contributed by atoms with Crippen molar-refractivity contribution in [3.8, 4) is 6.07 Å². The Bertz CT molecular complexity index is 1160. The number of para-hydroxylation sites is 1. The molecule has 0 heterocycles. The standard InChI is InChI=1S/C21H16FN3O3S/c22-19-9-5-4-8-18(19)20(14-23)24-21(26)15-10-12-17(13-11-15)29(27,28)25-16-6-2-1-3-7-16/h1-13,20,25H,(H,24,26). The van der Waals surface area contributed by atoms with Crippen molar-refractivity contribution in [2.75, 3.05) is 4.72 Å². The molecule has 0 saturated carbocycles. The highest BCUT2D eigenvalue weighted by Crippen LogP contribution is 2.19. The van der Waals surface area contributed by atoms with Crippen molar-refractivity contribution in [1.82, 2.24) is 5.32 Å². The minimum atomic E-state index is -3.82. The van der Waals surface area contributed by atoms with E-state index in [4.69, 9.17) is 0 Å². The van der Waals surface area contributed by atoms with Gasteiger partial charge in [0, 0.05) is 16.8 Å². The van der Waals surface area contributed by atoms with E-state index in [-0.39, 0.29) is 16.0 Å². The SMILES string of the molecule is N#CC(NC(=O)c1ccc(S(=O)(=O)Nc2ccccc2)cc1)c1ccccc1F. The number of rotatable bonds is 6. The maximum Gasteiger partial charge on any atom is 0.261 e. The van der Waals surface area contributed by atoms with Crippen LogP contribution in [0, 0.1) is 17.1 Å². The molecular formula is C21H16FN3O3S. The van der Waals surface area contributed by atoms with E-state index in [1.807, 2.05) is 6.07 Å². The second kappa shape index (κ2) is 8.54. The lowest BCUT2D eigenvalue weighted by atomic mass is 10.1. The Morgan fingerprint density at radius 2 is 1.55 bits per heavy atom. The number of carbonyl (C=O) groups is 1. The Kier molecular flexibility index (Phi) is 5.90. The summed E-state index contributed by atoms with van der Waals surface area (Å²) in [4.78, 5) is 12.4. The third-order valence-corrected chi connectivity index (χ3v) is 5.47. The topological polar surface area (TPSA) is 99.1 Å². The minimum Gasteiger partial charge on any atom is -0.332 e. The molecule has 0 aromatic heterocycles. The van der Waals surface area contributed by atoms with Gasteiger partial charge in [-0.05, 0) is 42.5 Å². The van der Waals surface area contributed by atoms with Crippen molar-refractivity contribution < 1.29 is 17.6 Å². The predicted octanol–water partition coefficient (Wildman–Crippen LogP) is 3.62. The van der Waals surface area contributed by atoms with Crippen LogP contribution < -0.4 is 10.0 Å². The number of nitriles is 1. The summed E-state index contributed by atoms with van der Waals surface area (Å²) in [6.45, 7) is 0. The Morgan fingerprint density at radius 1 is 0.931 bits per heavy atom. The fourth-order valence-electron chi connectivity index (χ4n) is 2.61. The fraction of sp³-hybridized carbons (Fsp3) is 0.0476. The number of sulfonamides is 1. The van der Waals surface area contributed by atoms with Gasteiger partial charge in [0.2, 0.25) is 0 Å². The van der Waals surface area contributed by atoms with Gasteiger partial charge >= 0.3 is 0 Å². The first kappa shape index (κ1) is 20.0. The van der Waals surface area contributed by atoms with E-state index < -0.39 is 27.8 Å². The van der Waals surface area contributed by atoms with Crippen molar-refractivity contribution in [2.45, 2.75) is 10.9 Å². The van der Waals surface area contributed by atoms with Crippen molar-refractivity contribution in [3.63, 3.8) is 0 Å². The molecule has 1 atom stereocenters. The first-order valence-electron chi connectivity index (χ1n) is 8.53. The fourth-order valence-corrected chi connectivity index (χ4v) is 3.67. The Balaban J connectivity index is 1.75. The third kappa shape index (κ3) is 4.78. The zero-order valence-corrected chi connectivity index (χ0v) is 15.9. The summed E-state index contributed by atoms with van der Waals surface area (Å²) < 4.78 is 41.2. The Morgan fingerprint density at radius 3 is 2.17 bits per heavy atom. The molecule has 8 heteroatoms. The third-order valence-electron chi connectivity index (χ3n) is 4.07. The average molecular weight is 409 g/mol. The molecule has 6 nitrogen and oxygen atoms in total. The summed E-state index contributed by atoms with van der Waals surface area (Å²) in [6.07, 6.45) is 0. The molecule has 146 valence electrons. The first-order valence-corrected chi connectivity index (χ1v) is 10.0. The predicted molar refractivity (Wildman–Crippen MR) is 106 cm³/mol. The van der Waals surface area contributed by atoms with E-state index >= 15 is 0 Å². The van der Waals surface area contributed by atoms with Gasteiger partial charge in [-0.15, -0.1) is 0 Å². The van der Waals surface area contributed by atoms with Crippen LogP contribution in [0.4, 0.5) is 10.1 Å². The number of hydrogen-bond acceptors (Lipinski definition) is 4. The van der Waals surface area contributed by atoms with Gasteiger partial charge < -0.3 is 5.32 Å². The van der Waals surface area contributed by atoms with E-state index in [0.717, 1.165) is 0 Å². The second-order valence-electron chi connectivity index (χ2n) is 6.05. The molecule has 3 aromatic rings. The monoisotopic (exact) mass is 409 g/mol. The van der Waals surface area contributed by atoms with Gasteiger partial charge in [0.1, 0.15) is 11.9 Å². The molecule has 0 aliphatic carbocycles. The number of anilines is 1. The van der Waals surface area contributed by atoms with Gasteiger partial charge in [0.05, 0.1) is 11.0 Å². The average Bonchev–Trinajstić information content (AvgIpc) is 2.73. The van der Waals surface area contributed by atoms with Gasteiger partial charge in [0.15, 0.2) is 0 Å². The molecule has 0 spiro atoms. The lowest BCUT2D eigenvalue weighted by molar-refractivity contribution is 0.0944. The molecule has 0 aliphatic heterocycles. The van der Waals surface area contributed by atoms with E-state index in [1.165, 1.54) is 42.5 Å². The molecule has 0 radical (unpaired) electrons. The number of amides is 1. The summed E-state index contributed by atoms with van der Waals surface area (Å²) in [5, 5.41) is 11.7. The Labute approximate surface area is 167 Å². The molecule has 0 fully saturated rings. The number of carbonyl (C=O) groups excluding carboxylic acids is 1. The zero-order valence-electron chi connectivity index (χ0n) is 15.0. The maximum absolute atomic E-state index is 13.9. The first-order chi connectivity index (χ1) is 13.9. The van der Waals surface area contributed by atoms with Crippen LogP contribution in [0.3, 0.4) is 0 Å². The van der Waals surface area contributed by atoms with Crippen molar-refractivity contribution >= 4 is 21.6 Å². The lowest BCUT2D eigenvalue weighted by Crippen LogP contribution is -2.28. The highest BCUT2D eigenvalue weighted by molar-refractivity contribution is 7.92. The summed E-state index contributed by atoms with van der Waals surface area (Å²) in [7, 11) is -3.82. The zero-order chi connectivity index (χ0) is 20.9. The van der Waals surface area contributed by atoms with E-state index in [9.17, 15) is 22.9 Å². The highest BCUT2D eigenvalue weighted by atomic mass is 32.2. The smallest absolute Gasteiger partial charge is 0.261 e. The summed E-state index contributed by atoms with van der Waals surface area (Å²) in [5.74, 6) is -1.23. The molecule has 0 saturated heterocycles. The molecule has 0 bridgehead atoms. The van der Waals surface area contributed by atoms with Gasteiger partial charge in [0.25, 0.3) is 15.9 Å². The quantitative estimate of drug-likeness (QED) is 0.649. The molecule has 3 rings (SSSR count). The van der Waals surface area contributed by atoms with Crippen LogP contribution in [-0.2, 0) is 10.0 Å². The van der Waals surface area contributed by atoms with Crippen LogP contribution in [0.1, 0.15) is 22.0 Å². The van der Waals surface area contributed by atoms with Crippen LogP contribution in [-0.4, -0.2) is 14.3 Å². The van der Waals surface area contributed by atoms with E-state index in [0.29, 0.717) is 5.69 Å². The number of nitrogens with zero attached hydrogens (tertiary/aromatic N) is 1. The van der Waals surface area contributed by atoms with Crippen LogP contribution in [0.25, 0.3) is 0 Å². The summed E-state index contributed by atoms with van der Waals surface area (Å²) in [6, 6.07) is 19.9. The number of halogens is 1. The lowest BCUT2D eigenvalue weighted by Gasteiger charge is -2.13. The van der Waals surface area contributed by atoms with Crippen LogP contribution in [0.15, 0.2) is 83.8 Å². The molecule has 3 aromatic carbocycles. The normalized spacial score (nSPS) is 11.9. The second-order valence-corrected chi connectivity index (χ2v) is 7.74. The van der Waals surface area contributed by atoms with Gasteiger partial charge in [-0.1, -0.05) is 36.4 Å². The number of nitrogens with one attached hydrogen (secondary N) is 2. The van der Waals surface area contributed by atoms with Crippen LogP contribution in [0.5, 0.6) is 0 Å². The Hall–Kier alpha value is -3.70. The molecule has 1 unspecified atom stereocenters. The van der Waals surface area contributed by atoms with Crippen LogP contribution >= 0.6 is 0 Å². The van der Waals surface area contributed by atoms with Gasteiger partial charge in [-0.3, -0.25) is 9.52 Å². The molecule has 1 amide bonds. The minimum absolute atomic E-state index is 0.0242. The van der Waals surface area contributed by atoms with Crippen molar-refractivity contribution in [3.05, 3.63) is 95.8 Å². The number of hydrogen-bond donors (Lipinski definition) is 2. The molecule has 2 N–H and O–H groups in total. The number of benzene rings is 3. The van der Waals surface area contributed by atoms with Crippen LogP contribution in [0.2, 0.25) is 0 Å². The summed E-state index contributed by atoms with van der Waals surface area (Å²) in [5.41, 5.74) is 0.603. The molecule has 0 aliphatic rings. The van der Waals surface area contributed by atoms with E-state index in [1.54, 1.807) is 36.4 Å². The van der Waals surface area contributed by atoms with Gasteiger partial charge in [-0.25, -0.2) is 12.8 Å². The molecule has 29 heavy (non-hydrogen) atoms. The van der Waals surface area contributed by atoms with Crippen molar-refractivity contribution in [2.24, 2.45) is 0 Å².